The van der Waals surface area contributed by atoms with Crippen LogP contribution >= 0.6 is 0 Å². The van der Waals surface area contributed by atoms with Crippen molar-refractivity contribution in [1.82, 2.24) is 5.43 Å². The van der Waals surface area contributed by atoms with E-state index in [1.165, 1.54) is 25.7 Å². The molecule has 3 nitrogen and oxygen atoms in total. The van der Waals surface area contributed by atoms with Gasteiger partial charge in [0, 0.05) is 6.54 Å². The van der Waals surface area contributed by atoms with Gasteiger partial charge in [-0.2, -0.15) is 5.17 Å². The smallest absolute Gasteiger partial charge is 0.0820 e. The van der Waals surface area contributed by atoms with Gasteiger partial charge in [-0.25, -0.2) is 5.43 Å². The van der Waals surface area contributed by atoms with Crippen molar-refractivity contribution in [2.24, 2.45) is 0 Å². The van der Waals surface area contributed by atoms with Gasteiger partial charge in [-0.15, -0.1) is 0 Å². The summed E-state index contributed by atoms with van der Waals surface area (Å²) in [5.41, 5.74) is 3.74. The molecule has 16 heavy (non-hydrogen) atoms. The molecule has 1 aromatic carbocycles. The Balaban J connectivity index is 2.09. The van der Waals surface area contributed by atoms with Gasteiger partial charge in [0.05, 0.1) is 5.69 Å². The fourth-order valence-electron chi connectivity index (χ4n) is 1.57. The summed E-state index contributed by atoms with van der Waals surface area (Å²) >= 11 is 0. The van der Waals surface area contributed by atoms with E-state index < -0.39 is 0 Å². The number of benzene rings is 1. The molecule has 0 saturated carbocycles. The fraction of sp³-hybridized carbons (Fsp3) is 0.538. The van der Waals surface area contributed by atoms with Crippen LogP contribution in [0.4, 0.5) is 5.69 Å². The van der Waals surface area contributed by atoms with Gasteiger partial charge in [-0.3, -0.25) is 5.21 Å². The maximum absolute atomic E-state index is 9.65. The van der Waals surface area contributed by atoms with Crippen molar-refractivity contribution in [2.75, 3.05) is 11.7 Å². The molecule has 1 rings (SSSR count). The van der Waals surface area contributed by atoms with Crippen LogP contribution in [-0.2, 0) is 0 Å². The molecular formula is C13H22N2O. The molecule has 0 spiro atoms. The molecule has 2 N–H and O–H groups in total. The summed E-state index contributed by atoms with van der Waals surface area (Å²) in [4.78, 5) is 0. The second-order valence-electron chi connectivity index (χ2n) is 3.97. The average Bonchev–Trinajstić information content (AvgIpc) is 2.34. The van der Waals surface area contributed by atoms with E-state index in [1.54, 1.807) is 0 Å². The zero-order chi connectivity index (χ0) is 11.6. The van der Waals surface area contributed by atoms with E-state index in [9.17, 15) is 5.21 Å². The van der Waals surface area contributed by atoms with Gasteiger partial charge in [-0.05, 0) is 18.6 Å². The van der Waals surface area contributed by atoms with Crippen LogP contribution in [0.25, 0.3) is 0 Å². The Morgan fingerprint density at radius 2 is 1.75 bits per heavy atom. The largest absolute Gasteiger partial charge is 0.273 e. The fourth-order valence-corrected chi connectivity index (χ4v) is 1.57. The van der Waals surface area contributed by atoms with Crippen LogP contribution in [0.2, 0.25) is 0 Å². The number of nitrogens with one attached hydrogen (secondary N) is 1. The normalized spacial score (nSPS) is 10.4. The molecule has 0 saturated heterocycles. The van der Waals surface area contributed by atoms with Gasteiger partial charge < -0.3 is 0 Å². The number of hydrazine groups is 1. The van der Waals surface area contributed by atoms with Crippen molar-refractivity contribution in [2.45, 2.75) is 39.0 Å². The highest BCUT2D eigenvalue weighted by Crippen LogP contribution is 2.08. The molecule has 0 heterocycles. The molecule has 0 aliphatic carbocycles. The SMILES string of the molecule is CCCCCCCNN(O)c1ccccc1. The predicted molar refractivity (Wildman–Crippen MR) is 67.5 cm³/mol. The maximum atomic E-state index is 9.65. The monoisotopic (exact) mass is 222 g/mol. The van der Waals surface area contributed by atoms with E-state index in [0.29, 0.717) is 0 Å². The molecular weight excluding hydrogens is 200 g/mol. The molecule has 0 atom stereocenters. The molecule has 0 aliphatic rings. The van der Waals surface area contributed by atoms with Gasteiger partial charge >= 0.3 is 0 Å². The number of unbranched alkanes of at least 4 members (excludes halogenated alkanes) is 4. The van der Waals surface area contributed by atoms with E-state index >= 15 is 0 Å². The van der Waals surface area contributed by atoms with Crippen LogP contribution in [-0.4, -0.2) is 11.8 Å². The van der Waals surface area contributed by atoms with E-state index in [-0.39, 0.29) is 0 Å². The molecule has 1 aromatic rings. The molecule has 0 radical (unpaired) electrons. The predicted octanol–water partition coefficient (Wildman–Crippen LogP) is 3.36. The van der Waals surface area contributed by atoms with Crippen LogP contribution < -0.4 is 10.6 Å². The van der Waals surface area contributed by atoms with Crippen molar-refractivity contribution in [1.29, 1.82) is 0 Å². The minimum absolute atomic E-state index is 0.774. The molecule has 0 aliphatic heterocycles. The molecule has 0 bridgehead atoms. The van der Waals surface area contributed by atoms with Crippen molar-refractivity contribution >= 4 is 5.69 Å². The number of para-hydroxylation sites is 1. The van der Waals surface area contributed by atoms with Crippen LogP contribution in [0.15, 0.2) is 30.3 Å². The lowest BCUT2D eigenvalue weighted by Gasteiger charge is -2.17. The summed E-state index contributed by atoms with van der Waals surface area (Å²) in [6, 6.07) is 9.47. The van der Waals surface area contributed by atoms with Crippen LogP contribution in [0, 0.1) is 0 Å². The third-order valence-electron chi connectivity index (χ3n) is 2.54. The Bertz CT molecular complexity index is 264. The van der Waals surface area contributed by atoms with Crippen molar-refractivity contribution in [3.05, 3.63) is 30.3 Å². The Morgan fingerprint density at radius 1 is 1.06 bits per heavy atom. The average molecular weight is 222 g/mol. The lowest BCUT2D eigenvalue weighted by atomic mass is 10.2. The van der Waals surface area contributed by atoms with E-state index in [0.717, 1.165) is 23.8 Å². The van der Waals surface area contributed by atoms with E-state index in [4.69, 9.17) is 0 Å². The summed E-state index contributed by atoms with van der Waals surface area (Å²) < 4.78 is 0. The van der Waals surface area contributed by atoms with Gasteiger partial charge in [0.15, 0.2) is 0 Å². The molecule has 0 aromatic heterocycles. The second-order valence-corrected chi connectivity index (χ2v) is 3.97. The van der Waals surface area contributed by atoms with Gasteiger partial charge in [0.1, 0.15) is 0 Å². The highest BCUT2D eigenvalue weighted by molar-refractivity contribution is 5.41. The first kappa shape index (κ1) is 13.0. The van der Waals surface area contributed by atoms with Crippen molar-refractivity contribution < 1.29 is 5.21 Å². The first-order valence-corrected chi connectivity index (χ1v) is 6.12. The Labute approximate surface area is 98.0 Å². The minimum atomic E-state index is 0.774. The number of hydrogen-bond donors (Lipinski definition) is 2. The zero-order valence-electron chi connectivity index (χ0n) is 10.0. The third-order valence-corrected chi connectivity index (χ3v) is 2.54. The van der Waals surface area contributed by atoms with Crippen LogP contribution in [0.5, 0.6) is 0 Å². The summed E-state index contributed by atoms with van der Waals surface area (Å²) in [7, 11) is 0. The highest BCUT2D eigenvalue weighted by Gasteiger charge is 1.99. The first-order chi connectivity index (χ1) is 7.84. The Morgan fingerprint density at radius 3 is 2.44 bits per heavy atom. The lowest BCUT2D eigenvalue weighted by molar-refractivity contribution is 0.210. The highest BCUT2D eigenvalue weighted by atomic mass is 16.5. The Hall–Kier alpha value is -1.06. The zero-order valence-corrected chi connectivity index (χ0v) is 10.0. The first-order valence-electron chi connectivity index (χ1n) is 6.12. The quantitative estimate of drug-likeness (QED) is 0.523. The number of anilines is 1. The molecule has 0 amide bonds. The van der Waals surface area contributed by atoms with Crippen LogP contribution in [0.3, 0.4) is 0 Å². The standard InChI is InChI=1S/C13H22N2O/c1-2-3-4-5-9-12-14-15(16)13-10-7-6-8-11-13/h6-8,10-11,14,16H,2-5,9,12H2,1H3. The molecule has 90 valence electrons. The van der Waals surface area contributed by atoms with Crippen LogP contribution in [0.1, 0.15) is 39.0 Å². The van der Waals surface area contributed by atoms with Crippen molar-refractivity contribution in [3.8, 4) is 0 Å². The number of hydrogen-bond acceptors (Lipinski definition) is 3. The van der Waals surface area contributed by atoms with Gasteiger partial charge in [0.2, 0.25) is 0 Å². The van der Waals surface area contributed by atoms with Gasteiger partial charge in [-0.1, -0.05) is 50.8 Å². The number of rotatable bonds is 8. The third kappa shape index (κ3) is 5.14. The Kier molecular flexibility index (Phi) is 6.61. The number of nitrogens with zero attached hydrogens (tertiary/aromatic N) is 1. The van der Waals surface area contributed by atoms with Gasteiger partial charge in [0.25, 0.3) is 0 Å². The summed E-state index contributed by atoms with van der Waals surface area (Å²) in [6.45, 7) is 3.03. The summed E-state index contributed by atoms with van der Waals surface area (Å²) in [5.74, 6) is 0. The second kappa shape index (κ2) is 8.13. The molecule has 0 fully saturated rings. The topological polar surface area (TPSA) is 35.5 Å². The maximum Gasteiger partial charge on any atom is 0.0820 e. The van der Waals surface area contributed by atoms with Crippen molar-refractivity contribution in [3.63, 3.8) is 0 Å². The lowest BCUT2D eigenvalue weighted by Crippen LogP contribution is -2.35. The minimum Gasteiger partial charge on any atom is -0.273 e. The summed E-state index contributed by atoms with van der Waals surface area (Å²) in [5, 5.41) is 10.7. The van der Waals surface area contributed by atoms with E-state index in [2.05, 4.69) is 12.3 Å². The molecule has 0 unspecified atom stereocenters. The molecule has 3 heteroatoms. The summed E-state index contributed by atoms with van der Waals surface area (Å²) in [6.07, 6.45) is 6.19. The van der Waals surface area contributed by atoms with E-state index in [1.807, 2.05) is 30.3 Å².